The Balaban J connectivity index is 2.49. The van der Waals surface area contributed by atoms with Gasteiger partial charge in [0.25, 0.3) is 0 Å². The van der Waals surface area contributed by atoms with Gasteiger partial charge < -0.3 is 5.32 Å². The van der Waals surface area contributed by atoms with E-state index in [4.69, 9.17) is 0 Å². The van der Waals surface area contributed by atoms with Crippen molar-refractivity contribution in [2.75, 3.05) is 24.6 Å². The Hall–Kier alpha value is -0.540. The van der Waals surface area contributed by atoms with Crippen molar-refractivity contribution in [2.24, 2.45) is 0 Å². The van der Waals surface area contributed by atoms with E-state index in [0.717, 1.165) is 19.5 Å². The van der Waals surface area contributed by atoms with Crippen LogP contribution in [0.25, 0.3) is 0 Å². The number of halogens is 1. The van der Waals surface area contributed by atoms with Crippen molar-refractivity contribution in [1.29, 1.82) is 0 Å². The molecule has 0 aliphatic rings. The summed E-state index contributed by atoms with van der Waals surface area (Å²) in [4.78, 5) is 0. The van der Waals surface area contributed by atoms with E-state index in [1.807, 2.05) is 23.9 Å². The van der Waals surface area contributed by atoms with Crippen LogP contribution in [-0.4, -0.2) is 24.6 Å². The second-order valence-electron chi connectivity index (χ2n) is 4.79. The highest BCUT2D eigenvalue weighted by atomic mass is 32.2. The molecule has 1 rings (SSSR count). The predicted octanol–water partition coefficient (Wildman–Crippen LogP) is 4.44. The SMILES string of the molecule is CCCNCC(CCCSCC)c1ccc(F)cc1. The summed E-state index contributed by atoms with van der Waals surface area (Å²) in [6.45, 7) is 6.43. The van der Waals surface area contributed by atoms with Crippen LogP contribution in [0.3, 0.4) is 0 Å². The van der Waals surface area contributed by atoms with Crippen LogP contribution in [-0.2, 0) is 0 Å². The van der Waals surface area contributed by atoms with Crippen LogP contribution in [0.1, 0.15) is 44.6 Å². The van der Waals surface area contributed by atoms with E-state index in [0.29, 0.717) is 5.92 Å². The molecule has 0 aromatic heterocycles. The zero-order valence-electron chi connectivity index (χ0n) is 12.1. The molecule has 108 valence electrons. The highest BCUT2D eigenvalue weighted by Gasteiger charge is 2.11. The average Bonchev–Trinajstić information content (AvgIpc) is 2.43. The summed E-state index contributed by atoms with van der Waals surface area (Å²) in [6.07, 6.45) is 3.56. The normalized spacial score (nSPS) is 12.6. The topological polar surface area (TPSA) is 12.0 Å². The highest BCUT2D eigenvalue weighted by Crippen LogP contribution is 2.22. The van der Waals surface area contributed by atoms with Crippen molar-refractivity contribution in [3.05, 3.63) is 35.6 Å². The maximum Gasteiger partial charge on any atom is 0.123 e. The van der Waals surface area contributed by atoms with Gasteiger partial charge in [0.05, 0.1) is 0 Å². The molecule has 0 saturated heterocycles. The summed E-state index contributed by atoms with van der Waals surface area (Å²) >= 11 is 2.00. The van der Waals surface area contributed by atoms with Gasteiger partial charge in [-0.15, -0.1) is 0 Å². The van der Waals surface area contributed by atoms with Crippen LogP contribution < -0.4 is 5.32 Å². The fourth-order valence-corrected chi connectivity index (χ4v) is 2.81. The zero-order valence-corrected chi connectivity index (χ0v) is 12.9. The smallest absolute Gasteiger partial charge is 0.123 e. The fourth-order valence-electron chi connectivity index (χ4n) is 2.15. The van der Waals surface area contributed by atoms with Gasteiger partial charge >= 0.3 is 0 Å². The summed E-state index contributed by atoms with van der Waals surface area (Å²) in [6, 6.07) is 7.01. The summed E-state index contributed by atoms with van der Waals surface area (Å²) in [5.41, 5.74) is 1.26. The molecule has 3 heteroatoms. The number of hydrogen-bond donors (Lipinski definition) is 1. The number of rotatable bonds is 10. The molecule has 0 heterocycles. The van der Waals surface area contributed by atoms with Crippen molar-refractivity contribution in [2.45, 2.75) is 39.0 Å². The lowest BCUT2D eigenvalue weighted by atomic mass is 9.94. The monoisotopic (exact) mass is 283 g/mol. The lowest BCUT2D eigenvalue weighted by Crippen LogP contribution is -2.22. The molecule has 1 aromatic carbocycles. The van der Waals surface area contributed by atoms with Crippen molar-refractivity contribution >= 4 is 11.8 Å². The van der Waals surface area contributed by atoms with Crippen LogP contribution in [0.15, 0.2) is 24.3 Å². The van der Waals surface area contributed by atoms with E-state index in [-0.39, 0.29) is 5.82 Å². The minimum absolute atomic E-state index is 0.148. The maximum atomic E-state index is 13.0. The molecule has 1 nitrogen and oxygen atoms in total. The van der Waals surface area contributed by atoms with Crippen molar-refractivity contribution < 1.29 is 4.39 Å². The quantitative estimate of drug-likeness (QED) is 0.637. The lowest BCUT2D eigenvalue weighted by molar-refractivity contribution is 0.543. The predicted molar refractivity (Wildman–Crippen MR) is 84.5 cm³/mol. The summed E-state index contributed by atoms with van der Waals surface area (Å²) in [7, 11) is 0. The molecule has 1 aromatic rings. The van der Waals surface area contributed by atoms with E-state index in [2.05, 4.69) is 19.2 Å². The maximum absolute atomic E-state index is 13.0. The number of nitrogens with one attached hydrogen (secondary N) is 1. The largest absolute Gasteiger partial charge is 0.316 e. The van der Waals surface area contributed by atoms with Gasteiger partial charge in [0, 0.05) is 6.54 Å². The third kappa shape index (κ3) is 6.98. The van der Waals surface area contributed by atoms with Gasteiger partial charge in [0.1, 0.15) is 5.82 Å². The Morgan fingerprint density at radius 2 is 1.95 bits per heavy atom. The van der Waals surface area contributed by atoms with Gasteiger partial charge in [-0.2, -0.15) is 11.8 Å². The molecule has 0 amide bonds. The Bertz CT molecular complexity index is 326. The summed E-state index contributed by atoms with van der Waals surface area (Å²) in [5.74, 6) is 2.77. The Morgan fingerprint density at radius 3 is 2.58 bits per heavy atom. The molecule has 0 spiro atoms. The third-order valence-electron chi connectivity index (χ3n) is 3.20. The molecule has 1 atom stereocenters. The van der Waals surface area contributed by atoms with E-state index < -0.39 is 0 Å². The van der Waals surface area contributed by atoms with Crippen LogP contribution >= 0.6 is 11.8 Å². The lowest BCUT2D eigenvalue weighted by Gasteiger charge is -2.18. The number of benzene rings is 1. The van der Waals surface area contributed by atoms with Gasteiger partial charge in [-0.3, -0.25) is 0 Å². The molecule has 1 N–H and O–H groups in total. The van der Waals surface area contributed by atoms with Gasteiger partial charge in [0.2, 0.25) is 0 Å². The second kappa shape index (κ2) is 10.3. The van der Waals surface area contributed by atoms with Crippen LogP contribution in [0.5, 0.6) is 0 Å². The van der Waals surface area contributed by atoms with Crippen molar-refractivity contribution in [3.8, 4) is 0 Å². The van der Waals surface area contributed by atoms with E-state index >= 15 is 0 Å². The molecule has 1 unspecified atom stereocenters. The number of hydrogen-bond acceptors (Lipinski definition) is 2. The Kier molecular flexibility index (Phi) is 8.93. The summed E-state index contributed by atoms with van der Waals surface area (Å²) < 4.78 is 13.0. The van der Waals surface area contributed by atoms with Gasteiger partial charge in [-0.1, -0.05) is 26.0 Å². The molecule has 0 aliphatic carbocycles. The van der Waals surface area contributed by atoms with E-state index in [1.165, 1.54) is 29.9 Å². The van der Waals surface area contributed by atoms with Crippen LogP contribution in [0.2, 0.25) is 0 Å². The standard InChI is InChI=1S/C16H26FNS/c1-3-11-18-13-15(6-5-12-19-4-2)14-7-9-16(17)10-8-14/h7-10,15,18H,3-6,11-13H2,1-2H3. The van der Waals surface area contributed by atoms with Crippen molar-refractivity contribution in [3.63, 3.8) is 0 Å². The van der Waals surface area contributed by atoms with Crippen LogP contribution in [0.4, 0.5) is 4.39 Å². The van der Waals surface area contributed by atoms with Gasteiger partial charge in [-0.25, -0.2) is 4.39 Å². The third-order valence-corrected chi connectivity index (χ3v) is 4.19. The Labute approximate surface area is 121 Å². The Morgan fingerprint density at radius 1 is 1.21 bits per heavy atom. The number of thioether (sulfide) groups is 1. The van der Waals surface area contributed by atoms with E-state index in [9.17, 15) is 4.39 Å². The molecule has 0 radical (unpaired) electrons. The first-order valence-electron chi connectivity index (χ1n) is 7.31. The first-order valence-corrected chi connectivity index (χ1v) is 8.47. The minimum Gasteiger partial charge on any atom is -0.316 e. The van der Waals surface area contributed by atoms with E-state index in [1.54, 1.807) is 12.1 Å². The molecule has 0 bridgehead atoms. The average molecular weight is 283 g/mol. The molecular formula is C16H26FNS. The molecule has 19 heavy (non-hydrogen) atoms. The highest BCUT2D eigenvalue weighted by molar-refractivity contribution is 7.99. The molecule has 0 fully saturated rings. The summed E-state index contributed by atoms with van der Waals surface area (Å²) in [5, 5.41) is 3.49. The minimum atomic E-state index is -0.148. The molecule has 0 saturated carbocycles. The second-order valence-corrected chi connectivity index (χ2v) is 6.19. The molecular weight excluding hydrogens is 257 g/mol. The van der Waals surface area contributed by atoms with Crippen LogP contribution in [0, 0.1) is 5.82 Å². The molecule has 0 aliphatic heterocycles. The van der Waals surface area contributed by atoms with Crippen molar-refractivity contribution in [1.82, 2.24) is 5.32 Å². The van der Waals surface area contributed by atoms with Gasteiger partial charge in [-0.05, 0) is 60.9 Å². The first kappa shape index (κ1) is 16.5. The zero-order chi connectivity index (χ0) is 13.9. The first-order chi connectivity index (χ1) is 9.27. The van der Waals surface area contributed by atoms with Gasteiger partial charge in [0.15, 0.2) is 0 Å². The fraction of sp³-hybridized carbons (Fsp3) is 0.625.